The molecule has 0 aromatic heterocycles. The van der Waals surface area contributed by atoms with Crippen LogP contribution >= 0.6 is 11.6 Å². The molecule has 0 saturated heterocycles. The normalized spacial score (nSPS) is 9.73. The molecule has 0 aliphatic carbocycles. The van der Waals surface area contributed by atoms with Gasteiger partial charge in [0.15, 0.2) is 0 Å². The summed E-state index contributed by atoms with van der Waals surface area (Å²) in [5, 5.41) is 0.651. The van der Waals surface area contributed by atoms with E-state index in [1.807, 2.05) is 12.1 Å². The Hall–Kier alpha value is -1.35. The van der Waals surface area contributed by atoms with Gasteiger partial charge in [0.05, 0.1) is 7.11 Å². The van der Waals surface area contributed by atoms with E-state index in [-0.39, 0.29) is 6.42 Å². The summed E-state index contributed by atoms with van der Waals surface area (Å²) < 4.78 is 4.31. The van der Waals surface area contributed by atoms with Crippen LogP contribution < -0.4 is 0 Å². The minimum atomic E-state index is -0.788. The lowest BCUT2D eigenvalue weighted by molar-refractivity contribution is -0.151. The number of methoxy groups -OCH3 is 1. The number of ketones is 1. The summed E-state index contributed by atoms with van der Waals surface area (Å²) in [5.74, 6) is -1.29. The molecule has 0 bridgehead atoms. The smallest absolute Gasteiger partial charge is 0.374 e. The predicted octanol–water partition coefficient (Wildman–Crippen LogP) is 2.01. The van der Waals surface area contributed by atoms with Crippen LogP contribution in [0.25, 0.3) is 0 Å². The third-order valence-electron chi connectivity index (χ3n) is 1.97. The van der Waals surface area contributed by atoms with Crippen LogP contribution in [-0.2, 0) is 20.7 Å². The van der Waals surface area contributed by atoms with Crippen molar-refractivity contribution in [1.82, 2.24) is 0 Å². The fourth-order valence-corrected chi connectivity index (χ4v) is 1.25. The third-order valence-corrected chi connectivity index (χ3v) is 2.22. The zero-order valence-corrected chi connectivity index (χ0v) is 9.08. The second-order valence-corrected chi connectivity index (χ2v) is 3.48. The minimum Gasteiger partial charge on any atom is -0.463 e. The Balaban J connectivity index is 2.47. The molecule has 0 amide bonds. The van der Waals surface area contributed by atoms with E-state index in [1.165, 1.54) is 7.11 Å². The molecule has 1 rings (SSSR count). The van der Waals surface area contributed by atoms with E-state index >= 15 is 0 Å². The summed E-state index contributed by atoms with van der Waals surface area (Å²) in [6.45, 7) is 0. The van der Waals surface area contributed by atoms with Crippen molar-refractivity contribution in [1.29, 1.82) is 0 Å². The predicted molar refractivity (Wildman–Crippen MR) is 56.8 cm³/mol. The van der Waals surface area contributed by atoms with Crippen LogP contribution in [0, 0.1) is 0 Å². The minimum absolute atomic E-state index is 0.161. The summed E-state index contributed by atoms with van der Waals surface area (Å²) >= 11 is 5.71. The lowest BCUT2D eigenvalue weighted by Crippen LogP contribution is -2.15. The quantitative estimate of drug-likeness (QED) is 0.583. The topological polar surface area (TPSA) is 43.4 Å². The number of rotatable bonds is 4. The average molecular weight is 227 g/mol. The van der Waals surface area contributed by atoms with Crippen LogP contribution in [0.15, 0.2) is 24.3 Å². The van der Waals surface area contributed by atoms with Gasteiger partial charge in [0.2, 0.25) is 5.78 Å². The lowest BCUT2D eigenvalue weighted by atomic mass is 10.1. The zero-order chi connectivity index (χ0) is 11.3. The lowest BCUT2D eigenvalue weighted by Gasteiger charge is -2.00. The van der Waals surface area contributed by atoms with Gasteiger partial charge in [0, 0.05) is 11.4 Å². The molecular formula is C11H11ClO3. The zero-order valence-electron chi connectivity index (χ0n) is 8.33. The van der Waals surface area contributed by atoms with Crippen molar-refractivity contribution in [3.8, 4) is 0 Å². The van der Waals surface area contributed by atoms with Crippen LogP contribution in [0.4, 0.5) is 0 Å². The van der Waals surface area contributed by atoms with E-state index in [9.17, 15) is 9.59 Å². The molecule has 4 heteroatoms. The summed E-state index contributed by atoms with van der Waals surface area (Å²) in [5.41, 5.74) is 0.969. The Kier molecular flexibility index (Phi) is 4.31. The summed E-state index contributed by atoms with van der Waals surface area (Å²) in [4.78, 5) is 21.9. The Morgan fingerprint density at radius 1 is 1.27 bits per heavy atom. The number of benzene rings is 1. The number of hydrogen-bond acceptors (Lipinski definition) is 3. The number of ether oxygens (including phenoxy) is 1. The van der Waals surface area contributed by atoms with Crippen molar-refractivity contribution in [2.45, 2.75) is 12.8 Å². The van der Waals surface area contributed by atoms with Gasteiger partial charge in [-0.3, -0.25) is 4.79 Å². The standard InChI is InChI=1S/C11H11ClO3/c1-15-11(14)10(13)7-4-8-2-5-9(12)6-3-8/h2-3,5-6H,4,7H2,1H3. The second-order valence-electron chi connectivity index (χ2n) is 3.04. The average Bonchev–Trinajstić information content (AvgIpc) is 2.26. The van der Waals surface area contributed by atoms with Gasteiger partial charge in [0.1, 0.15) is 0 Å². The van der Waals surface area contributed by atoms with Gasteiger partial charge >= 0.3 is 5.97 Å². The molecule has 0 unspecified atom stereocenters. The highest BCUT2D eigenvalue weighted by atomic mass is 35.5. The van der Waals surface area contributed by atoms with E-state index in [2.05, 4.69) is 4.74 Å². The third kappa shape index (κ3) is 3.72. The monoisotopic (exact) mass is 226 g/mol. The number of hydrogen-bond donors (Lipinski definition) is 0. The van der Waals surface area contributed by atoms with E-state index in [1.54, 1.807) is 12.1 Å². The first-order chi connectivity index (χ1) is 7.13. The molecule has 0 aliphatic rings. The number of carbonyl (C=O) groups is 2. The van der Waals surface area contributed by atoms with E-state index in [0.29, 0.717) is 11.4 Å². The summed E-state index contributed by atoms with van der Waals surface area (Å²) in [6.07, 6.45) is 0.680. The number of halogens is 1. The maximum absolute atomic E-state index is 11.1. The highest BCUT2D eigenvalue weighted by molar-refractivity contribution is 6.33. The Bertz CT molecular complexity index is 357. The highest BCUT2D eigenvalue weighted by Crippen LogP contribution is 2.11. The van der Waals surface area contributed by atoms with Crippen LogP contribution in [0.2, 0.25) is 5.02 Å². The van der Waals surface area contributed by atoms with Gasteiger partial charge < -0.3 is 4.74 Å². The fraction of sp³-hybridized carbons (Fsp3) is 0.273. The number of Topliss-reactive ketones (excluding diaryl/α,β-unsaturated/α-hetero) is 1. The van der Waals surface area contributed by atoms with Crippen molar-refractivity contribution in [3.05, 3.63) is 34.9 Å². The Morgan fingerprint density at radius 3 is 2.40 bits per heavy atom. The van der Waals surface area contributed by atoms with Crippen molar-refractivity contribution >= 4 is 23.4 Å². The molecule has 0 fully saturated rings. The van der Waals surface area contributed by atoms with Gasteiger partial charge in [-0.05, 0) is 24.1 Å². The van der Waals surface area contributed by atoms with Gasteiger partial charge in [-0.2, -0.15) is 0 Å². The van der Waals surface area contributed by atoms with Crippen molar-refractivity contribution in [2.24, 2.45) is 0 Å². The molecule has 15 heavy (non-hydrogen) atoms. The van der Waals surface area contributed by atoms with Crippen LogP contribution in [0.3, 0.4) is 0 Å². The number of esters is 1. The molecule has 80 valence electrons. The molecule has 1 aromatic rings. The van der Waals surface area contributed by atoms with Crippen LogP contribution in [0.5, 0.6) is 0 Å². The molecular weight excluding hydrogens is 216 g/mol. The molecule has 0 N–H and O–H groups in total. The van der Waals surface area contributed by atoms with E-state index in [0.717, 1.165) is 5.56 Å². The first-order valence-electron chi connectivity index (χ1n) is 4.49. The van der Waals surface area contributed by atoms with Crippen molar-refractivity contribution < 1.29 is 14.3 Å². The molecule has 1 aromatic carbocycles. The maximum Gasteiger partial charge on any atom is 0.374 e. The largest absolute Gasteiger partial charge is 0.463 e. The fourth-order valence-electron chi connectivity index (χ4n) is 1.12. The Labute approximate surface area is 93.0 Å². The van der Waals surface area contributed by atoms with E-state index in [4.69, 9.17) is 11.6 Å². The first kappa shape index (κ1) is 11.7. The Morgan fingerprint density at radius 2 is 1.87 bits per heavy atom. The van der Waals surface area contributed by atoms with Gasteiger partial charge in [-0.1, -0.05) is 23.7 Å². The maximum atomic E-state index is 11.1. The number of aryl methyl sites for hydroxylation is 1. The number of carbonyl (C=O) groups excluding carboxylic acids is 2. The first-order valence-corrected chi connectivity index (χ1v) is 4.87. The van der Waals surface area contributed by atoms with Crippen LogP contribution in [-0.4, -0.2) is 18.9 Å². The summed E-state index contributed by atoms with van der Waals surface area (Å²) in [7, 11) is 1.20. The van der Waals surface area contributed by atoms with Crippen molar-refractivity contribution in [2.75, 3.05) is 7.11 Å². The molecule has 0 radical (unpaired) electrons. The van der Waals surface area contributed by atoms with Gasteiger partial charge in [-0.25, -0.2) is 4.79 Å². The van der Waals surface area contributed by atoms with Gasteiger partial charge in [-0.15, -0.1) is 0 Å². The van der Waals surface area contributed by atoms with Gasteiger partial charge in [0.25, 0.3) is 0 Å². The molecule has 0 saturated carbocycles. The van der Waals surface area contributed by atoms with Crippen molar-refractivity contribution in [3.63, 3.8) is 0 Å². The molecule has 0 heterocycles. The molecule has 3 nitrogen and oxygen atoms in total. The molecule has 0 spiro atoms. The second kappa shape index (κ2) is 5.51. The van der Waals surface area contributed by atoms with E-state index < -0.39 is 11.8 Å². The SMILES string of the molecule is COC(=O)C(=O)CCc1ccc(Cl)cc1. The molecule has 0 aliphatic heterocycles. The van der Waals surface area contributed by atoms with Crippen LogP contribution in [0.1, 0.15) is 12.0 Å². The molecule has 0 atom stereocenters. The highest BCUT2D eigenvalue weighted by Gasteiger charge is 2.12. The summed E-state index contributed by atoms with van der Waals surface area (Å²) in [6, 6.07) is 7.15.